The van der Waals surface area contributed by atoms with E-state index in [2.05, 4.69) is 6.92 Å². The third kappa shape index (κ3) is 3.71. The van der Waals surface area contributed by atoms with Crippen LogP contribution in [0.15, 0.2) is 48.5 Å². The zero-order valence-electron chi connectivity index (χ0n) is 16.3. The Bertz CT molecular complexity index is 968. The summed E-state index contributed by atoms with van der Waals surface area (Å²) in [6.45, 7) is 4.95. The summed E-state index contributed by atoms with van der Waals surface area (Å²) in [6.07, 6.45) is 0.930. The van der Waals surface area contributed by atoms with E-state index in [1.807, 2.05) is 60.4 Å². The molecule has 0 spiro atoms. The van der Waals surface area contributed by atoms with Crippen molar-refractivity contribution in [2.45, 2.75) is 38.9 Å². The van der Waals surface area contributed by atoms with Crippen LogP contribution in [-0.4, -0.2) is 49.4 Å². The molecule has 2 aromatic carbocycles. The number of piperazine rings is 1. The van der Waals surface area contributed by atoms with Gasteiger partial charge in [-0.05, 0) is 36.6 Å². The minimum absolute atomic E-state index is 0.0311. The summed E-state index contributed by atoms with van der Waals surface area (Å²) in [5, 5.41) is 0. The molecule has 0 N–H and O–H groups in total. The number of sulfone groups is 1. The molecule has 2 aliphatic rings. The Kier molecular flexibility index (Phi) is 5.02. The van der Waals surface area contributed by atoms with Gasteiger partial charge in [0, 0.05) is 18.3 Å². The summed E-state index contributed by atoms with van der Waals surface area (Å²) in [5.74, 6) is 0.110. The van der Waals surface area contributed by atoms with Gasteiger partial charge < -0.3 is 4.90 Å². The molecule has 6 heteroatoms. The van der Waals surface area contributed by atoms with Gasteiger partial charge >= 0.3 is 0 Å². The van der Waals surface area contributed by atoms with E-state index in [1.54, 1.807) is 4.90 Å². The van der Waals surface area contributed by atoms with E-state index in [4.69, 9.17) is 0 Å². The number of fused-ring (bicyclic) bond motifs is 1. The van der Waals surface area contributed by atoms with Crippen LogP contribution < -0.4 is 4.90 Å². The molecule has 2 fully saturated rings. The van der Waals surface area contributed by atoms with E-state index in [0.717, 1.165) is 17.7 Å². The maximum atomic E-state index is 13.0. The Balaban J connectivity index is 1.64. The van der Waals surface area contributed by atoms with Crippen molar-refractivity contribution in [2.24, 2.45) is 0 Å². The van der Waals surface area contributed by atoms with Gasteiger partial charge in [0.15, 0.2) is 9.84 Å². The molecule has 0 saturated carbocycles. The van der Waals surface area contributed by atoms with Crippen LogP contribution in [0.5, 0.6) is 0 Å². The van der Waals surface area contributed by atoms with Gasteiger partial charge in [0.05, 0.1) is 24.1 Å². The van der Waals surface area contributed by atoms with Gasteiger partial charge in [0.25, 0.3) is 0 Å². The highest BCUT2D eigenvalue weighted by Crippen LogP contribution is 2.32. The number of anilines is 1. The Morgan fingerprint density at radius 1 is 0.929 bits per heavy atom. The molecule has 2 unspecified atom stereocenters. The summed E-state index contributed by atoms with van der Waals surface area (Å²) >= 11 is 0. The molecule has 0 bridgehead atoms. The highest BCUT2D eigenvalue weighted by atomic mass is 32.2. The van der Waals surface area contributed by atoms with Crippen LogP contribution in [0, 0.1) is 6.92 Å². The van der Waals surface area contributed by atoms with Crippen molar-refractivity contribution in [3.05, 3.63) is 65.2 Å². The number of carbonyl (C=O) groups excluding carboxylic acids is 1. The fourth-order valence-corrected chi connectivity index (χ4v) is 6.27. The summed E-state index contributed by atoms with van der Waals surface area (Å²) in [6, 6.07) is 15.6. The lowest BCUT2D eigenvalue weighted by molar-refractivity contribution is -0.123. The van der Waals surface area contributed by atoms with E-state index < -0.39 is 9.84 Å². The zero-order valence-corrected chi connectivity index (χ0v) is 17.2. The second-order valence-corrected chi connectivity index (χ2v) is 10.0. The number of rotatable bonds is 4. The van der Waals surface area contributed by atoms with Crippen LogP contribution in [-0.2, 0) is 27.6 Å². The van der Waals surface area contributed by atoms with E-state index in [0.29, 0.717) is 6.54 Å². The van der Waals surface area contributed by atoms with Gasteiger partial charge in [-0.2, -0.15) is 0 Å². The zero-order chi connectivity index (χ0) is 19.9. The highest BCUT2D eigenvalue weighted by molar-refractivity contribution is 7.91. The summed E-state index contributed by atoms with van der Waals surface area (Å²) in [5.41, 5.74) is 4.28. The lowest BCUT2D eigenvalue weighted by Crippen LogP contribution is -2.61. The maximum absolute atomic E-state index is 13.0. The first-order chi connectivity index (χ1) is 13.4. The molecule has 1 amide bonds. The second kappa shape index (κ2) is 7.33. The quantitative estimate of drug-likeness (QED) is 0.794. The molecule has 28 heavy (non-hydrogen) atoms. The summed E-state index contributed by atoms with van der Waals surface area (Å²) in [4.78, 5) is 16.8. The first kappa shape index (κ1) is 19.2. The first-order valence-corrected chi connectivity index (χ1v) is 11.6. The normalized spacial score (nSPS) is 24.4. The van der Waals surface area contributed by atoms with E-state index in [9.17, 15) is 13.2 Å². The number of hydrogen-bond donors (Lipinski definition) is 0. The van der Waals surface area contributed by atoms with Crippen LogP contribution >= 0.6 is 0 Å². The number of benzene rings is 2. The van der Waals surface area contributed by atoms with Crippen molar-refractivity contribution in [1.82, 2.24) is 4.90 Å². The Morgan fingerprint density at radius 2 is 1.54 bits per heavy atom. The SMILES string of the molecule is CCc1ccc(N2C(=O)CN(Cc3ccc(C)cc3)C3CS(=O)(=O)CC32)cc1. The minimum atomic E-state index is -3.17. The number of nitrogens with zero attached hydrogens (tertiary/aromatic N) is 2. The van der Waals surface area contributed by atoms with Gasteiger partial charge in [0.1, 0.15) is 0 Å². The molecule has 0 aliphatic carbocycles. The monoisotopic (exact) mass is 398 g/mol. The first-order valence-electron chi connectivity index (χ1n) is 9.77. The second-order valence-electron chi connectivity index (χ2n) is 7.89. The van der Waals surface area contributed by atoms with Crippen molar-refractivity contribution in [2.75, 3.05) is 23.0 Å². The molecule has 4 rings (SSSR count). The van der Waals surface area contributed by atoms with Crippen molar-refractivity contribution < 1.29 is 13.2 Å². The summed E-state index contributed by atoms with van der Waals surface area (Å²) in [7, 11) is -3.17. The van der Waals surface area contributed by atoms with E-state index in [1.165, 1.54) is 11.1 Å². The van der Waals surface area contributed by atoms with Crippen LogP contribution in [0.25, 0.3) is 0 Å². The number of amides is 1. The van der Waals surface area contributed by atoms with Gasteiger partial charge in [-0.3, -0.25) is 9.69 Å². The Hall–Kier alpha value is -2.18. The number of aryl methyl sites for hydroxylation is 2. The van der Waals surface area contributed by atoms with Crippen molar-refractivity contribution in [1.29, 1.82) is 0 Å². The predicted octanol–water partition coefficient (Wildman–Crippen LogP) is 2.57. The van der Waals surface area contributed by atoms with Crippen molar-refractivity contribution >= 4 is 21.4 Å². The fourth-order valence-electron chi connectivity index (χ4n) is 4.29. The van der Waals surface area contributed by atoms with Gasteiger partial charge in [-0.1, -0.05) is 48.9 Å². The topological polar surface area (TPSA) is 57.7 Å². The molecule has 2 atom stereocenters. The van der Waals surface area contributed by atoms with Crippen LogP contribution in [0.1, 0.15) is 23.6 Å². The van der Waals surface area contributed by atoms with Gasteiger partial charge in [-0.25, -0.2) is 8.42 Å². The largest absolute Gasteiger partial charge is 0.306 e. The average Bonchev–Trinajstić information content (AvgIpc) is 2.99. The molecule has 5 nitrogen and oxygen atoms in total. The van der Waals surface area contributed by atoms with Crippen LogP contribution in [0.3, 0.4) is 0 Å². The number of hydrogen-bond acceptors (Lipinski definition) is 4. The molecule has 2 saturated heterocycles. The molecule has 0 radical (unpaired) electrons. The van der Waals surface area contributed by atoms with Crippen LogP contribution in [0.2, 0.25) is 0 Å². The Labute approximate surface area is 166 Å². The van der Waals surface area contributed by atoms with Gasteiger partial charge in [-0.15, -0.1) is 0 Å². The average molecular weight is 399 g/mol. The summed E-state index contributed by atoms with van der Waals surface area (Å²) < 4.78 is 24.9. The molecule has 2 aliphatic heterocycles. The molecule has 148 valence electrons. The highest BCUT2D eigenvalue weighted by Gasteiger charge is 2.49. The molecular formula is C22H26N2O3S. The third-order valence-corrected chi connectivity index (χ3v) is 7.53. The maximum Gasteiger partial charge on any atom is 0.241 e. The standard InChI is InChI=1S/C22H26N2O3S/c1-3-17-8-10-19(11-9-17)24-21-15-28(26,27)14-20(21)23(13-22(24)25)12-18-6-4-16(2)5-7-18/h4-11,20-21H,3,12-15H2,1-2H3. The Morgan fingerprint density at radius 3 is 2.18 bits per heavy atom. The lowest BCUT2D eigenvalue weighted by Gasteiger charge is -2.43. The minimum Gasteiger partial charge on any atom is -0.306 e. The molecular weight excluding hydrogens is 372 g/mol. The molecule has 2 heterocycles. The smallest absolute Gasteiger partial charge is 0.241 e. The van der Waals surface area contributed by atoms with E-state index in [-0.39, 0.29) is 36.0 Å². The van der Waals surface area contributed by atoms with E-state index >= 15 is 0 Å². The molecule has 2 aromatic rings. The fraction of sp³-hybridized carbons (Fsp3) is 0.409. The lowest BCUT2D eigenvalue weighted by atomic mass is 10.0. The van der Waals surface area contributed by atoms with Crippen molar-refractivity contribution in [3.63, 3.8) is 0 Å². The van der Waals surface area contributed by atoms with Crippen molar-refractivity contribution in [3.8, 4) is 0 Å². The van der Waals surface area contributed by atoms with Gasteiger partial charge in [0.2, 0.25) is 5.91 Å². The molecule has 0 aromatic heterocycles. The number of carbonyl (C=O) groups is 1. The van der Waals surface area contributed by atoms with Crippen LogP contribution in [0.4, 0.5) is 5.69 Å². The third-order valence-electron chi connectivity index (χ3n) is 5.83. The predicted molar refractivity (Wildman–Crippen MR) is 111 cm³/mol.